The molecule has 0 radical (unpaired) electrons. The lowest BCUT2D eigenvalue weighted by atomic mass is 9.89. The molecule has 0 aromatic heterocycles. The monoisotopic (exact) mass is 256 g/mol. The summed E-state index contributed by atoms with van der Waals surface area (Å²) in [6, 6.07) is 0.512. The summed E-state index contributed by atoms with van der Waals surface area (Å²) in [5.41, 5.74) is 5.02. The molecule has 0 aromatic carbocycles. The van der Waals surface area contributed by atoms with Crippen LogP contribution in [0, 0.1) is 5.92 Å². The highest BCUT2D eigenvalue weighted by Crippen LogP contribution is 2.24. The van der Waals surface area contributed by atoms with Gasteiger partial charge < -0.3 is 15.4 Å². The minimum Gasteiger partial charge on any atom is -0.469 e. The van der Waals surface area contributed by atoms with Crippen LogP contribution in [0.25, 0.3) is 0 Å². The van der Waals surface area contributed by atoms with Crippen molar-refractivity contribution in [3.8, 4) is 0 Å². The Balaban J connectivity index is 0.000000269. The van der Waals surface area contributed by atoms with E-state index in [1.54, 1.807) is 0 Å². The minimum atomic E-state index is -0.0880. The molecule has 2 N–H and O–H groups in total. The van der Waals surface area contributed by atoms with E-state index in [2.05, 4.69) is 23.6 Å². The number of nitrogens with zero attached hydrogens (tertiary/aromatic N) is 1. The molecule has 18 heavy (non-hydrogen) atoms. The first-order chi connectivity index (χ1) is 8.43. The van der Waals surface area contributed by atoms with Crippen LogP contribution in [-0.4, -0.2) is 49.4 Å². The molecule has 0 amide bonds. The highest BCUT2D eigenvalue weighted by atomic mass is 16.5. The van der Waals surface area contributed by atoms with Crippen LogP contribution < -0.4 is 5.73 Å². The first-order valence-corrected chi connectivity index (χ1v) is 6.49. The highest BCUT2D eigenvalue weighted by molar-refractivity contribution is 5.99. The van der Waals surface area contributed by atoms with Gasteiger partial charge in [0.2, 0.25) is 0 Å². The molecule has 2 aliphatic rings. The van der Waals surface area contributed by atoms with E-state index in [1.807, 2.05) is 0 Å². The summed E-state index contributed by atoms with van der Waals surface area (Å²) >= 11 is 0. The summed E-state index contributed by atoms with van der Waals surface area (Å²) in [6.45, 7) is 3.31. The van der Waals surface area contributed by atoms with Gasteiger partial charge in [-0.25, -0.2) is 0 Å². The van der Waals surface area contributed by atoms with Gasteiger partial charge in [0, 0.05) is 18.9 Å². The highest BCUT2D eigenvalue weighted by Gasteiger charge is 2.29. The van der Waals surface area contributed by atoms with E-state index in [-0.39, 0.29) is 17.8 Å². The molecule has 0 spiro atoms. The minimum absolute atomic E-state index is 0.0678. The third-order valence-electron chi connectivity index (χ3n) is 3.67. The molecule has 1 heterocycles. The Morgan fingerprint density at radius 2 is 2.11 bits per heavy atom. The number of piperidine rings is 1. The van der Waals surface area contributed by atoms with Crippen molar-refractivity contribution in [2.45, 2.75) is 44.7 Å². The van der Waals surface area contributed by atoms with Crippen molar-refractivity contribution in [2.75, 3.05) is 20.7 Å². The number of likely N-dealkylation sites (tertiary alicyclic amines) is 1. The number of methoxy groups -OCH3 is 1. The predicted molar refractivity (Wildman–Crippen MR) is 69.0 cm³/mol. The van der Waals surface area contributed by atoms with Gasteiger partial charge in [-0.15, -0.1) is 0 Å². The molecule has 5 nitrogen and oxygen atoms in total. The second-order valence-electron chi connectivity index (χ2n) is 5.28. The zero-order valence-corrected chi connectivity index (χ0v) is 11.5. The molecule has 1 saturated heterocycles. The van der Waals surface area contributed by atoms with Crippen LogP contribution in [0.3, 0.4) is 0 Å². The molecular formula is C13H24N2O3. The molecule has 0 aromatic rings. The molecule has 0 bridgehead atoms. The number of carbonyl (C=O) groups is 2. The van der Waals surface area contributed by atoms with E-state index in [0.29, 0.717) is 24.8 Å². The second-order valence-corrected chi connectivity index (χ2v) is 5.28. The number of carbonyl (C=O) groups excluding carboxylic acids is 2. The summed E-state index contributed by atoms with van der Waals surface area (Å²) in [5, 5.41) is 0. The van der Waals surface area contributed by atoms with Crippen molar-refractivity contribution in [2.24, 2.45) is 11.7 Å². The van der Waals surface area contributed by atoms with Crippen LogP contribution in [0.2, 0.25) is 0 Å². The van der Waals surface area contributed by atoms with Crippen molar-refractivity contribution in [3.05, 3.63) is 0 Å². The summed E-state index contributed by atoms with van der Waals surface area (Å²) in [6.07, 6.45) is 3.44. The van der Waals surface area contributed by atoms with Gasteiger partial charge in [-0.3, -0.25) is 9.59 Å². The SMILES string of the molecule is COC(=O)CC1CCN(C)C(C)C1.NC1CC1=O. The molecule has 104 valence electrons. The lowest BCUT2D eigenvalue weighted by molar-refractivity contribution is -0.142. The maximum Gasteiger partial charge on any atom is 0.305 e. The van der Waals surface area contributed by atoms with Crippen LogP contribution in [0.15, 0.2) is 0 Å². The average Bonchev–Trinajstić information content (AvgIpc) is 2.98. The Bertz CT molecular complexity index is 307. The number of hydrogen-bond donors (Lipinski definition) is 1. The number of Topliss-reactive ketones (excluding diaryl/α,β-unsaturated/α-hetero) is 1. The van der Waals surface area contributed by atoms with E-state index in [1.165, 1.54) is 7.11 Å². The quantitative estimate of drug-likeness (QED) is 0.731. The molecule has 2 rings (SSSR count). The van der Waals surface area contributed by atoms with Gasteiger partial charge in [0.1, 0.15) is 0 Å². The molecule has 3 unspecified atom stereocenters. The van der Waals surface area contributed by atoms with Crippen LogP contribution in [0.4, 0.5) is 0 Å². The van der Waals surface area contributed by atoms with Gasteiger partial charge in [0.15, 0.2) is 5.78 Å². The standard InChI is InChI=1S/C10H19NO2.C3H5NO/c1-8-6-9(4-5-11(8)2)7-10(12)13-3;4-2-1-3(2)5/h8-9H,4-7H2,1-3H3;2H,1,4H2. The zero-order chi connectivity index (χ0) is 13.7. The van der Waals surface area contributed by atoms with Crippen LogP contribution in [0.5, 0.6) is 0 Å². The Labute approximate surface area is 109 Å². The third-order valence-corrected chi connectivity index (χ3v) is 3.67. The normalized spacial score (nSPS) is 31.3. The molecule has 1 saturated carbocycles. The lowest BCUT2D eigenvalue weighted by Gasteiger charge is -2.34. The fraction of sp³-hybridized carbons (Fsp3) is 0.846. The lowest BCUT2D eigenvalue weighted by Crippen LogP contribution is -2.38. The Hall–Kier alpha value is -0.940. The van der Waals surface area contributed by atoms with Gasteiger partial charge in [-0.1, -0.05) is 0 Å². The zero-order valence-electron chi connectivity index (χ0n) is 11.5. The smallest absolute Gasteiger partial charge is 0.305 e. The number of ketones is 1. The maximum atomic E-state index is 11.0. The van der Waals surface area contributed by atoms with Crippen LogP contribution in [0.1, 0.15) is 32.6 Å². The van der Waals surface area contributed by atoms with Gasteiger partial charge >= 0.3 is 5.97 Å². The van der Waals surface area contributed by atoms with Crippen molar-refractivity contribution in [1.29, 1.82) is 0 Å². The third kappa shape index (κ3) is 5.14. The predicted octanol–water partition coefficient (Wildman–Crippen LogP) is 0.566. The van der Waals surface area contributed by atoms with Crippen molar-refractivity contribution < 1.29 is 14.3 Å². The van der Waals surface area contributed by atoms with E-state index >= 15 is 0 Å². The Morgan fingerprint density at radius 3 is 2.50 bits per heavy atom. The summed E-state index contributed by atoms with van der Waals surface area (Å²) in [4.78, 5) is 23.1. The number of nitrogens with two attached hydrogens (primary N) is 1. The van der Waals surface area contributed by atoms with E-state index in [9.17, 15) is 9.59 Å². The van der Waals surface area contributed by atoms with Gasteiger partial charge in [-0.2, -0.15) is 0 Å². The summed E-state index contributed by atoms with van der Waals surface area (Å²) < 4.78 is 4.66. The maximum absolute atomic E-state index is 11.0. The Morgan fingerprint density at radius 1 is 1.56 bits per heavy atom. The molecular weight excluding hydrogens is 232 g/mol. The van der Waals surface area contributed by atoms with Gasteiger partial charge in [0.25, 0.3) is 0 Å². The summed E-state index contributed by atoms with van der Waals surface area (Å²) in [5.74, 6) is 0.658. The fourth-order valence-corrected chi connectivity index (χ4v) is 2.05. The second kappa shape index (κ2) is 6.85. The molecule has 1 aliphatic heterocycles. The molecule has 2 fully saturated rings. The first kappa shape index (κ1) is 15.1. The van der Waals surface area contributed by atoms with Gasteiger partial charge in [0.05, 0.1) is 13.2 Å². The van der Waals surface area contributed by atoms with E-state index in [0.717, 1.165) is 19.4 Å². The van der Waals surface area contributed by atoms with Gasteiger partial charge in [-0.05, 0) is 39.3 Å². The first-order valence-electron chi connectivity index (χ1n) is 6.49. The van der Waals surface area contributed by atoms with Crippen LogP contribution in [-0.2, 0) is 14.3 Å². The molecule has 5 heteroatoms. The summed E-state index contributed by atoms with van der Waals surface area (Å²) in [7, 11) is 3.60. The number of hydrogen-bond acceptors (Lipinski definition) is 5. The van der Waals surface area contributed by atoms with E-state index < -0.39 is 0 Å². The van der Waals surface area contributed by atoms with Crippen molar-refractivity contribution >= 4 is 11.8 Å². The number of ether oxygens (including phenoxy) is 1. The van der Waals surface area contributed by atoms with Crippen molar-refractivity contribution in [1.82, 2.24) is 4.90 Å². The fourth-order valence-electron chi connectivity index (χ4n) is 2.05. The Kier molecular flexibility index (Phi) is 5.75. The van der Waals surface area contributed by atoms with Crippen molar-refractivity contribution in [3.63, 3.8) is 0 Å². The molecule has 3 atom stereocenters. The number of rotatable bonds is 2. The molecule has 1 aliphatic carbocycles. The van der Waals surface area contributed by atoms with E-state index in [4.69, 9.17) is 5.73 Å². The average molecular weight is 256 g/mol. The van der Waals surface area contributed by atoms with Crippen LogP contribution >= 0.6 is 0 Å². The largest absolute Gasteiger partial charge is 0.469 e. The number of esters is 1. The topological polar surface area (TPSA) is 72.6 Å².